The highest BCUT2D eigenvalue weighted by atomic mass is 32.2. The summed E-state index contributed by atoms with van der Waals surface area (Å²) in [5, 5.41) is 14.1. The fraction of sp³-hybridized carbons (Fsp3) is 0.333. The molecule has 0 saturated carbocycles. The van der Waals surface area contributed by atoms with Gasteiger partial charge in [0, 0.05) is 41.1 Å². The zero-order chi connectivity index (χ0) is 22.4. The number of ether oxygens (including phenoxy) is 1. The molecule has 0 aliphatic carbocycles. The van der Waals surface area contributed by atoms with Gasteiger partial charge in [-0.25, -0.2) is 9.18 Å². The Morgan fingerprint density at radius 2 is 1.94 bits per heavy atom. The van der Waals surface area contributed by atoms with Gasteiger partial charge < -0.3 is 15.0 Å². The molecule has 1 N–H and O–H groups in total. The molecule has 0 radical (unpaired) electrons. The van der Waals surface area contributed by atoms with E-state index < -0.39 is 16.6 Å². The molecule has 1 heterocycles. The maximum atomic E-state index is 14.1. The molecule has 164 valence electrons. The Kier molecular flexibility index (Phi) is 7.45. The number of piperidine rings is 1. The van der Waals surface area contributed by atoms with Gasteiger partial charge in [0.2, 0.25) is 0 Å². The molecule has 0 unspecified atom stereocenters. The van der Waals surface area contributed by atoms with Crippen molar-refractivity contribution >= 4 is 29.4 Å². The van der Waals surface area contributed by atoms with Gasteiger partial charge in [-0.15, -0.1) is 0 Å². The van der Waals surface area contributed by atoms with Crippen LogP contribution in [0.25, 0.3) is 0 Å². The van der Waals surface area contributed by atoms with Crippen molar-refractivity contribution < 1.29 is 23.6 Å². The first-order chi connectivity index (χ1) is 14.9. The van der Waals surface area contributed by atoms with Crippen LogP contribution in [0.1, 0.15) is 30.1 Å². The van der Waals surface area contributed by atoms with E-state index in [0.29, 0.717) is 42.3 Å². The summed E-state index contributed by atoms with van der Waals surface area (Å²) in [6.07, 6.45) is 0.694. The van der Waals surface area contributed by atoms with Gasteiger partial charge in [0.25, 0.3) is 11.6 Å². The highest BCUT2D eigenvalue weighted by Crippen LogP contribution is 2.34. The number of non-ortho nitro benzene ring substituents is 1. The minimum atomic E-state index is -0.577. The molecule has 31 heavy (non-hydrogen) atoms. The minimum Gasteiger partial charge on any atom is -0.450 e. The number of nitrogens with one attached hydrogen (secondary N) is 1. The van der Waals surface area contributed by atoms with E-state index in [4.69, 9.17) is 4.74 Å². The summed E-state index contributed by atoms with van der Waals surface area (Å²) in [5.41, 5.74) is -0.115. The van der Waals surface area contributed by atoms with Crippen molar-refractivity contribution in [1.29, 1.82) is 0 Å². The molecule has 3 rings (SSSR count). The van der Waals surface area contributed by atoms with Gasteiger partial charge in [-0.3, -0.25) is 14.9 Å². The van der Waals surface area contributed by atoms with Crippen molar-refractivity contribution in [2.75, 3.05) is 19.7 Å². The zero-order valence-electron chi connectivity index (χ0n) is 16.9. The monoisotopic (exact) mass is 447 g/mol. The van der Waals surface area contributed by atoms with E-state index in [1.807, 2.05) is 0 Å². The largest absolute Gasteiger partial charge is 0.450 e. The normalized spacial score (nSPS) is 14.2. The summed E-state index contributed by atoms with van der Waals surface area (Å²) in [6.45, 7) is 2.91. The van der Waals surface area contributed by atoms with E-state index >= 15 is 0 Å². The van der Waals surface area contributed by atoms with Crippen LogP contribution in [-0.2, 0) is 4.74 Å². The number of likely N-dealkylation sites (tertiary alicyclic amines) is 1. The van der Waals surface area contributed by atoms with Gasteiger partial charge in [-0.1, -0.05) is 23.9 Å². The molecule has 1 saturated heterocycles. The molecule has 2 aromatic rings. The van der Waals surface area contributed by atoms with Crippen LogP contribution in [0.4, 0.5) is 14.9 Å². The minimum absolute atomic E-state index is 0.107. The topological polar surface area (TPSA) is 102 Å². The summed E-state index contributed by atoms with van der Waals surface area (Å²) in [5.74, 6) is -0.916. The lowest BCUT2D eigenvalue weighted by molar-refractivity contribution is -0.384. The number of hydrogen-bond donors (Lipinski definition) is 1. The number of nitro groups is 1. The molecule has 0 bridgehead atoms. The number of nitrogens with zero attached hydrogens (tertiary/aromatic N) is 2. The van der Waals surface area contributed by atoms with Crippen LogP contribution in [-0.4, -0.2) is 47.6 Å². The molecule has 10 heteroatoms. The Hall–Kier alpha value is -3.14. The summed E-state index contributed by atoms with van der Waals surface area (Å²) >= 11 is 1.03. The third-order valence-corrected chi connectivity index (χ3v) is 5.96. The molecule has 1 fully saturated rings. The maximum Gasteiger partial charge on any atom is 0.409 e. The maximum absolute atomic E-state index is 14.1. The second kappa shape index (κ2) is 10.3. The molecule has 8 nitrogen and oxygen atoms in total. The Morgan fingerprint density at radius 3 is 2.58 bits per heavy atom. The van der Waals surface area contributed by atoms with Crippen LogP contribution in [0.2, 0.25) is 0 Å². The lowest BCUT2D eigenvalue weighted by atomic mass is 10.0. The molecule has 2 amide bonds. The van der Waals surface area contributed by atoms with E-state index in [0.717, 1.165) is 11.8 Å². The quantitative estimate of drug-likeness (QED) is 0.525. The number of nitro benzene ring substituents is 1. The average Bonchev–Trinajstić information content (AvgIpc) is 2.76. The van der Waals surface area contributed by atoms with Crippen molar-refractivity contribution in [3.63, 3.8) is 0 Å². The molecule has 1 aliphatic rings. The number of rotatable bonds is 6. The molecular formula is C21H22FN3O5S. The first-order valence-electron chi connectivity index (χ1n) is 9.82. The van der Waals surface area contributed by atoms with Crippen LogP contribution in [0, 0.1) is 15.9 Å². The van der Waals surface area contributed by atoms with Gasteiger partial charge >= 0.3 is 6.09 Å². The first kappa shape index (κ1) is 22.5. The molecule has 0 spiro atoms. The average molecular weight is 447 g/mol. The first-order valence-corrected chi connectivity index (χ1v) is 10.6. The van der Waals surface area contributed by atoms with Crippen molar-refractivity contribution in [1.82, 2.24) is 10.2 Å². The second-order valence-electron chi connectivity index (χ2n) is 6.90. The van der Waals surface area contributed by atoms with Gasteiger partial charge in [-0.2, -0.15) is 0 Å². The second-order valence-corrected chi connectivity index (χ2v) is 7.99. The summed E-state index contributed by atoms with van der Waals surface area (Å²) in [6, 6.07) is 9.87. The fourth-order valence-electron chi connectivity index (χ4n) is 3.23. The smallest absolute Gasteiger partial charge is 0.409 e. The van der Waals surface area contributed by atoms with Crippen LogP contribution in [0.15, 0.2) is 52.3 Å². The lowest BCUT2D eigenvalue weighted by Gasteiger charge is -2.31. The molecule has 1 aliphatic heterocycles. The predicted molar refractivity (Wildman–Crippen MR) is 113 cm³/mol. The van der Waals surface area contributed by atoms with Crippen molar-refractivity contribution in [3.05, 3.63) is 64.0 Å². The number of carbonyl (C=O) groups excluding carboxylic acids is 2. The third kappa shape index (κ3) is 5.72. The Labute approximate surface area is 182 Å². The van der Waals surface area contributed by atoms with Crippen LogP contribution >= 0.6 is 11.8 Å². The fourth-order valence-corrected chi connectivity index (χ4v) is 4.17. The highest BCUT2D eigenvalue weighted by Gasteiger charge is 2.26. The lowest BCUT2D eigenvalue weighted by Crippen LogP contribution is -2.46. The highest BCUT2D eigenvalue weighted by molar-refractivity contribution is 7.99. The van der Waals surface area contributed by atoms with Crippen LogP contribution < -0.4 is 5.32 Å². The number of carbonyl (C=O) groups is 2. The van der Waals surface area contributed by atoms with E-state index in [9.17, 15) is 24.1 Å². The summed E-state index contributed by atoms with van der Waals surface area (Å²) in [4.78, 5) is 37.7. The number of halogens is 1. The SMILES string of the molecule is CCOC(=O)N1CCC(NC(=O)c2cc([N+](=O)[O-])ccc2Sc2ccccc2F)CC1. The van der Waals surface area contributed by atoms with E-state index in [1.165, 1.54) is 24.3 Å². The van der Waals surface area contributed by atoms with E-state index in [2.05, 4.69) is 5.32 Å². The van der Waals surface area contributed by atoms with E-state index in [1.54, 1.807) is 30.0 Å². The predicted octanol–water partition coefficient (Wildman–Crippen LogP) is 4.24. The van der Waals surface area contributed by atoms with Crippen molar-refractivity contribution in [3.8, 4) is 0 Å². The van der Waals surface area contributed by atoms with Crippen LogP contribution in [0.5, 0.6) is 0 Å². The number of amides is 2. The van der Waals surface area contributed by atoms with Gasteiger partial charge in [-0.05, 0) is 38.0 Å². The number of benzene rings is 2. The van der Waals surface area contributed by atoms with E-state index in [-0.39, 0.29) is 23.4 Å². The molecule has 2 aromatic carbocycles. The molecular weight excluding hydrogens is 425 g/mol. The standard InChI is InChI=1S/C21H22FN3O5S/c1-2-30-21(27)24-11-9-14(10-12-24)23-20(26)16-13-15(25(28)29)7-8-18(16)31-19-6-4-3-5-17(19)22/h3-8,13-14H,2,9-12H2,1H3,(H,23,26). The van der Waals surface area contributed by atoms with Crippen LogP contribution in [0.3, 0.4) is 0 Å². The van der Waals surface area contributed by atoms with Crippen molar-refractivity contribution in [2.45, 2.75) is 35.6 Å². The molecule has 0 aromatic heterocycles. The van der Waals surface area contributed by atoms with Crippen molar-refractivity contribution in [2.24, 2.45) is 0 Å². The number of hydrogen-bond acceptors (Lipinski definition) is 6. The Bertz CT molecular complexity index is 979. The zero-order valence-corrected chi connectivity index (χ0v) is 17.7. The van der Waals surface area contributed by atoms with Gasteiger partial charge in [0.15, 0.2) is 0 Å². The summed E-state index contributed by atoms with van der Waals surface area (Å²) in [7, 11) is 0. The Morgan fingerprint density at radius 1 is 1.23 bits per heavy atom. The molecule has 0 atom stereocenters. The van der Waals surface area contributed by atoms with Gasteiger partial charge in [0.05, 0.1) is 17.1 Å². The Balaban J connectivity index is 1.75. The van der Waals surface area contributed by atoms with Gasteiger partial charge in [0.1, 0.15) is 5.82 Å². The summed E-state index contributed by atoms with van der Waals surface area (Å²) < 4.78 is 19.1. The third-order valence-electron chi connectivity index (χ3n) is 4.83.